The molecule has 21 heavy (non-hydrogen) atoms. The van der Waals surface area contributed by atoms with Gasteiger partial charge in [-0.1, -0.05) is 6.07 Å². The van der Waals surface area contributed by atoms with Gasteiger partial charge in [0.15, 0.2) is 5.96 Å². The number of ether oxygens (including phenoxy) is 1. The van der Waals surface area contributed by atoms with E-state index in [1.165, 1.54) is 0 Å². The molecule has 1 aliphatic rings. The summed E-state index contributed by atoms with van der Waals surface area (Å²) in [6.07, 6.45) is 5.29. The fourth-order valence-corrected chi connectivity index (χ4v) is 2.18. The SMILES string of the molecule is CCNC(=NCC1CCCO1)NCCc1ccccn1.I. The number of halogens is 1. The Hall–Kier alpha value is -0.890. The highest BCUT2D eigenvalue weighted by Crippen LogP contribution is 2.11. The predicted molar refractivity (Wildman–Crippen MR) is 96.3 cm³/mol. The summed E-state index contributed by atoms with van der Waals surface area (Å²) in [5, 5.41) is 6.59. The van der Waals surface area contributed by atoms with Crippen LogP contribution in [-0.2, 0) is 11.2 Å². The van der Waals surface area contributed by atoms with Gasteiger partial charge in [-0.2, -0.15) is 0 Å². The number of hydrogen-bond acceptors (Lipinski definition) is 3. The van der Waals surface area contributed by atoms with E-state index in [1.807, 2.05) is 24.4 Å². The number of nitrogens with zero attached hydrogens (tertiary/aromatic N) is 2. The van der Waals surface area contributed by atoms with Crippen LogP contribution in [-0.4, -0.2) is 43.3 Å². The fourth-order valence-electron chi connectivity index (χ4n) is 2.18. The maximum absolute atomic E-state index is 5.58. The third-order valence-corrected chi connectivity index (χ3v) is 3.22. The second-order valence-electron chi connectivity index (χ2n) is 4.85. The van der Waals surface area contributed by atoms with Crippen molar-refractivity contribution in [2.24, 2.45) is 4.99 Å². The molecule has 1 aromatic rings. The molecule has 5 nitrogen and oxygen atoms in total. The molecule has 1 saturated heterocycles. The summed E-state index contributed by atoms with van der Waals surface area (Å²) in [5.41, 5.74) is 1.09. The van der Waals surface area contributed by atoms with Crippen molar-refractivity contribution in [2.45, 2.75) is 32.3 Å². The number of aromatic nitrogens is 1. The summed E-state index contributed by atoms with van der Waals surface area (Å²) in [6.45, 7) is 5.38. The van der Waals surface area contributed by atoms with Gasteiger partial charge in [0.1, 0.15) is 0 Å². The molecule has 0 radical (unpaired) electrons. The molecule has 2 rings (SSSR count). The van der Waals surface area contributed by atoms with Crippen LogP contribution in [0, 0.1) is 0 Å². The van der Waals surface area contributed by atoms with E-state index in [9.17, 15) is 0 Å². The van der Waals surface area contributed by atoms with Gasteiger partial charge >= 0.3 is 0 Å². The first-order valence-corrected chi connectivity index (χ1v) is 7.42. The van der Waals surface area contributed by atoms with Crippen molar-refractivity contribution < 1.29 is 4.74 Å². The van der Waals surface area contributed by atoms with E-state index < -0.39 is 0 Å². The Morgan fingerprint density at radius 1 is 1.43 bits per heavy atom. The van der Waals surface area contributed by atoms with Gasteiger partial charge < -0.3 is 15.4 Å². The lowest BCUT2D eigenvalue weighted by molar-refractivity contribution is 0.117. The Bertz CT molecular complexity index is 407. The van der Waals surface area contributed by atoms with Gasteiger partial charge in [-0.05, 0) is 31.9 Å². The van der Waals surface area contributed by atoms with E-state index in [1.54, 1.807) is 0 Å². The van der Waals surface area contributed by atoms with Crippen molar-refractivity contribution in [3.05, 3.63) is 30.1 Å². The minimum Gasteiger partial charge on any atom is -0.376 e. The van der Waals surface area contributed by atoms with Gasteiger partial charge in [0.25, 0.3) is 0 Å². The molecule has 0 aliphatic carbocycles. The van der Waals surface area contributed by atoms with Crippen molar-refractivity contribution in [1.82, 2.24) is 15.6 Å². The number of guanidine groups is 1. The van der Waals surface area contributed by atoms with Crippen LogP contribution < -0.4 is 10.6 Å². The predicted octanol–water partition coefficient (Wildman–Crippen LogP) is 1.98. The van der Waals surface area contributed by atoms with Crippen LogP contribution in [0.15, 0.2) is 29.4 Å². The largest absolute Gasteiger partial charge is 0.376 e. The molecule has 2 heterocycles. The van der Waals surface area contributed by atoms with E-state index in [0.29, 0.717) is 6.10 Å². The van der Waals surface area contributed by atoms with E-state index in [2.05, 4.69) is 27.5 Å². The van der Waals surface area contributed by atoms with Crippen LogP contribution in [0.3, 0.4) is 0 Å². The Kier molecular flexibility index (Phi) is 9.32. The van der Waals surface area contributed by atoms with Crippen LogP contribution in [0.1, 0.15) is 25.5 Å². The quantitative estimate of drug-likeness (QED) is 0.433. The molecule has 1 fully saturated rings. The second kappa shape index (κ2) is 10.8. The molecule has 0 aromatic carbocycles. The first-order valence-electron chi connectivity index (χ1n) is 7.42. The lowest BCUT2D eigenvalue weighted by Crippen LogP contribution is -2.39. The summed E-state index contributed by atoms with van der Waals surface area (Å²) in [5.74, 6) is 0.860. The molecular weight excluding hydrogens is 379 g/mol. The third kappa shape index (κ3) is 7.08. The summed E-state index contributed by atoms with van der Waals surface area (Å²) < 4.78 is 5.58. The average Bonchev–Trinajstić information content (AvgIpc) is 2.99. The number of rotatable bonds is 6. The third-order valence-electron chi connectivity index (χ3n) is 3.22. The lowest BCUT2D eigenvalue weighted by atomic mass is 10.2. The normalized spacial score (nSPS) is 18.1. The Balaban J connectivity index is 0.00000220. The average molecular weight is 404 g/mol. The topological polar surface area (TPSA) is 58.5 Å². The van der Waals surface area contributed by atoms with E-state index in [0.717, 1.165) is 57.2 Å². The molecule has 6 heteroatoms. The fraction of sp³-hybridized carbons (Fsp3) is 0.600. The van der Waals surface area contributed by atoms with Crippen LogP contribution in [0.4, 0.5) is 0 Å². The van der Waals surface area contributed by atoms with Crippen molar-refractivity contribution >= 4 is 29.9 Å². The maximum Gasteiger partial charge on any atom is 0.191 e. The molecule has 0 saturated carbocycles. The number of pyridine rings is 1. The van der Waals surface area contributed by atoms with E-state index in [4.69, 9.17) is 4.74 Å². The Labute approximate surface area is 144 Å². The smallest absolute Gasteiger partial charge is 0.191 e. The van der Waals surface area contributed by atoms with Crippen LogP contribution in [0.2, 0.25) is 0 Å². The number of aliphatic imine (C=N–C) groups is 1. The summed E-state index contributed by atoms with van der Waals surface area (Å²) in [4.78, 5) is 8.89. The zero-order chi connectivity index (χ0) is 14.0. The van der Waals surface area contributed by atoms with Gasteiger partial charge in [0.05, 0.1) is 12.6 Å². The number of nitrogens with one attached hydrogen (secondary N) is 2. The van der Waals surface area contributed by atoms with Crippen LogP contribution in [0.5, 0.6) is 0 Å². The van der Waals surface area contributed by atoms with Crippen molar-refractivity contribution in [3.8, 4) is 0 Å². The highest BCUT2D eigenvalue weighted by molar-refractivity contribution is 14.0. The highest BCUT2D eigenvalue weighted by Gasteiger charge is 2.14. The molecule has 0 amide bonds. The zero-order valence-corrected chi connectivity index (χ0v) is 14.9. The van der Waals surface area contributed by atoms with Crippen LogP contribution in [0.25, 0.3) is 0 Å². The first kappa shape index (κ1) is 18.2. The minimum absolute atomic E-state index is 0. The Morgan fingerprint density at radius 2 is 2.33 bits per heavy atom. The molecule has 0 spiro atoms. The molecule has 2 N–H and O–H groups in total. The first-order chi connectivity index (χ1) is 9.88. The zero-order valence-electron chi connectivity index (χ0n) is 12.5. The standard InChI is InChI=1S/C15H24N4O.HI/c1-2-16-15(19-12-14-7-5-11-20-14)18-10-8-13-6-3-4-9-17-13;/h3-4,6,9,14H,2,5,7-8,10-12H2,1H3,(H2,16,18,19);1H. The number of hydrogen-bond donors (Lipinski definition) is 2. The maximum atomic E-state index is 5.58. The molecule has 0 bridgehead atoms. The Morgan fingerprint density at radius 3 is 3.00 bits per heavy atom. The van der Waals surface area contributed by atoms with Crippen molar-refractivity contribution in [3.63, 3.8) is 0 Å². The van der Waals surface area contributed by atoms with Crippen molar-refractivity contribution in [1.29, 1.82) is 0 Å². The van der Waals surface area contributed by atoms with E-state index >= 15 is 0 Å². The monoisotopic (exact) mass is 404 g/mol. The highest BCUT2D eigenvalue weighted by atomic mass is 127. The summed E-state index contributed by atoms with van der Waals surface area (Å²) in [7, 11) is 0. The molecule has 1 unspecified atom stereocenters. The molecule has 118 valence electrons. The van der Waals surface area contributed by atoms with Gasteiger partial charge in [-0.25, -0.2) is 0 Å². The molecule has 1 atom stereocenters. The lowest BCUT2D eigenvalue weighted by Gasteiger charge is -2.12. The minimum atomic E-state index is 0. The van der Waals surface area contributed by atoms with Crippen LogP contribution >= 0.6 is 24.0 Å². The van der Waals surface area contributed by atoms with Gasteiger partial charge in [-0.3, -0.25) is 9.98 Å². The summed E-state index contributed by atoms with van der Waals surface area (Å²) >= 11 is 0. The van der Waals surface area contributed by atoms with Gasteiger partial charge in [0.2, 0.25) is 0 Å². The van der Waals surface area contributed by atoms with E-state index in [-0.39, 0.29) is 24.0 Å². The van der Waals surface area contributed by atoms with Gasteiger partial charge in [0, 0.05) is 38.0 Å². The molecule has 1 aliphatic heterocycles. The van der Waals surface area contributed by atoms with Crippen molar-refractivity contribution in [2.75, 3.05) is 26.2 Å². The summed E-state index contributed by atoms with van der Waals surface area (Å²) in [6, 6.07) is 5.99. The second-order valence-corrected chi connectivity index (χ2v) is 4.85. The molecular formula is C15H25IN4O. The molecule has 1 aromatic heterocycles. The van der Waals surface area contributed by atoms with Gasteiger partial charge in [-0.15, -0.1) is 24.0 Å².